The average Bonchev–Trinajstić information content (AvgIpc) is 2.52. The zero-order chi connectivity index (χ0) is 11.9. The average molecular weight is 218 g/mol. The van der Waals surface area contributed by atoms with Gasteiger partial charge in [-0.2, -0.15) is 0 Å². The van der Waals surface area contributed by atoms with E-state index in [1.54, 1.807) is 0 Å². The Labute approximate surface area is 91.3 Å². The van der Waals surface area contributed by atoms with Crippen molar-refractivity contribution >= 4 is 5.97 Å². The molecule has 0 radical (unpaired) electrons. The van der Waals surface area contributed by atoms with Gasteiger partial charge in [-0.1, -0.05) is 12.8 Å². The quantitative estimate of drug-likeness (QED) is 0.544. The van der Waals surface area contributed by atoms with Crippen LogP contribution in [0.5, 0.6) is 0 Å². The van der Waals surface area contributed by atoms with Gasteiger partial charge in [-0.05, 0) is 33.6 Å². The predicted octanol–water partition coefficient (Wildman–Crippen LogP) is 1.45. The molecule has 0 spiro atoms. The van der Waals surface area contributed by atoms with E-state index in [4.69, 9.17) is 14.9 Å². The van der Waals surface area contributed by atoms with E-state index in [2.05, 4.69) is 0 Å². The highest BCUT2D eigenvalue weighted by atomic mass is 16.5. The monoisotopic (exact) mass is 218 g/mol. The van der Waals surface area contributed by atoms with Crippen LogP contribution in [-0.4, -0.2) is 28.6 Å². The Balaban J connectivity index is 0.000000336. The van der Waals surface area contributed by atoms with Crippen molar-refractivity contribution < 1.29 is 19.7 Å². The van der Waals surface area contributed by atoms with Crippen molar-refractivity contribution in [2.24, 2.45) is 5.92 Å². The molecule has 0 aromatic heterocycles. The van der Waals surface area contributed by atoms with Crippen LogP contribution in [0.25, 0.3) is 0 Å². The molecule has 0 bridgehead atoms. The topological polar surface area (TPSA) is 66.8 Å². The maximum Gasteiger partial charge on any atom is 0.308 e. The van der Waals surface area contributed by atoms with E-state index in [1.807, 2.05) is 6.92 Å². The van der Waals surface area contributed by atoms with Gasteiger partial charge in [0.25, 0.3) is 0 Å². The summed E-state index contributed by atoms with van der Waals surface area (Å²) in [5.74, 6) is -1.26. The van der Waals surface area contributed by atoms with Gasteiger partial charge < -0.3 is 14.9 Å². The summed E-state index contributed by atoms with van der Waals surface area (Å²) in [5.41, 5.74) is 0. The van der Waals surface area contributed by atoms with Gasteiger partial charge in [0.05, 0.1) is 12.5 Å². The number of hydrogen-bond acceptors (Lipinski definition) is 4. The van der Waals surface area contributed by atoms with Crippen LogP contribution in [0.2, 0.25) is 0 Å². The summed E-state index contributed by atoms with van der Waals surface area (Å²) in [6, 6.07) is 0. The Hall–Kier alpha value is -0.610. The van der Waals surface area contributed by atoms with Crippen molar-refractivity contribution in [2.45, 2.75) is 52.2 Å². The third-order valence-electron chi connectivity index (χ3n) is 1.98. The molecule has 0 aliphatic heterocycles. The zero-order valence-corrected chi connectivity index (χ0v) is 9.82. The minimum atomic E-state index is -1.50. The molecule has 0 unspecified atom stereocenters. The van der Waals surface area contributed by atoms with Crippen LogP contribution in [0.1, 0.15) is 46.5 Å². The molecule has 1 aliphatic rings. The number of esters is 1. The van der Waals surface area contributed by atoms with Crippen molar-refractivity contribution in [3.05, 3.63) is 0 Å². The number of carbonyl (C=O) groups excluding carboxylic acids is 1. The summed E-state index contributed by atoms with van der Waals surface area (Å²) in [6.07, 6.45) is 4.48. The first-order valence-corrected chi connectivity index (χ1v) is 5.46. The van der Waals surface area contributed by atoms with Gasteiger partial charge >= 0.3 is 5.97 Å². The second kappa shape index (κ2) is 6.80. The maximum absolute atomic E-state index is 11.0. The minimum Gasteiger partial charge on any atom is -0.466 e. The van der Waals surface area contributed by atoms with Gasteiger partial charge in [0.15, 0.2) is 5.79 Å². The summed E-state index contributed by atoms with van der Waals surface area (Å²) in [5, 5.41) is 16.2. The fourth-order valence-corrected chi connectivity index (χ4v) is 1.42. The highest BCUT2D eigenvalue weighted by molar-refractivity contribution is 5.72. The number of ether oxygens (including phenoxy) is 1. The normalized spacial score (nSPS) is 16.9. The summed E-state index contributed by atoms with van der Waals surface area (Å²) in [4.78, 5) is 11.0. The van der Waals surface area contributed by atoms with Gasteiger partial charge in [0, 0.05) is 0 Å². The van der Waals surface area contributed by atoms with Crippen LogP contribution < -0.4 is 0 Å². The molecule has 0 aromatic carbocycles. The lowest BCUT2D eigenvalue weighted by Gasteiger charge is -2.06. The molecular weight excluding hydrogens is 196 g/mol. The Morgan fingerprint density at radius 3 is 2.07 bits per heavy atom. The summed E-state index contributed by atoms with van der Waals surface area (Å²) >= 11 is 0. The molecular formula is C11H22O4. The van der Waals surface area contributed by atoms with E-state index in [0.29, 0.717) is 6.61 Å². The van der Waals surface area contributed by atoms with Crippen molar-refractivity contribution in [3.63, 3.8) is 0 Å². The van der Waals surface area contributed by atoms with E-state index in [9.17, 15) is 4.79 Å². The fraction of sp³-hybridized carbons (Fsp3) is 0.909. The number of carbonyl (C=O) groups is 1. The molecule has 0 atom stereocenters. The highest BCUT2D eigenvalue weighted by Gasteiger charge is 2.23. The van der Waals surface area contributed by atoms with Crippen LogP contribution >= 0.6 is 0 Å². The molecule has 15 heavy (non-hydrogen) atoms. The summed E-state index contributed by atoms with van der Waals surface area (Å²) in [6.45, 7) is 4.97. The molecule has 0 amide bonds. The SMILES string of the molecule is CC(C)(O)O.CCOC(=O)C1CCCC1. The lowest BCUT2D eigenvalue weighted by molar-refractivity contribution is -0.147. The molecule has 2 N–H and O–H groups in total. The Morgan fingerprint density at radius 1 is 1.33 bits per heavy atom. The van der Waals surface area contributed by atoms with E-state index < -0.39 is 5.79 Å². The van der Waals surface area contributed by atoms with Gasteiger partial charge in [-0.15, -0.1) is 0 Å². The lowest BCUT2D eigenvalue weighted by atomic mass is 10.1. The van der Waals surface area contributed by atoms with E-state index in [1.165, 1.54) is 26.7 Å². The number of aliphatic hydroxyl groups is 2. The second-order valence-corrected chi connectivity index (χ2v) is 4.23. The van der Waals surface area contributed by atoms with Crippen LogP contribution in [-0.2, 0) is 9.53 Å². The fourth-order valence-electron chi connectivity index (χ4n) is 1.42. The van der Waals surface area contributed by atoms with Gasteiger partial charge in [0.2, 0.25) is 0 Å². The predicted molar refractivity (Wildman–Crippen MR) is 57.1 cm³/mol. The Bertz CT molecular complexity index is 172. The lowest BCUT2D eigenvalue weighted by Crippen LogP contribution is -2.15. The maximum atomic E-state index is 11.0. The summed E-state index contributed by atoms with van der Waals surface area (Å²) < 4.78 is 4.89. The largest absolute Gasteiger partial charge is 0.466 e. The minimum absolute atomic E-state index is 0.0139. The molecule has 4 nitrogen and oxygen atoms in total. The molecule has 1 aliphatic carbocycles. The van der Waals surface area contributed by atoms with Gasteiger partial charge in [-0.25, -0.2) is 0 Å². The van der Waals surface area contributed by atoms with Crippen molar-refractivity contribution in [1.29, 1.82) is 0 Å². The third-order valence-corrected chi connectivity index (χ3v) is 1.98. The molecule has 0 heterocycles. The van der Waals surface area contributed by atoms with Crippen LogP contribution in [0.15, 0.2) is 0 Å². The van der Waals surface area contributed by atoms with Crippen molar-refractivity contribution in [1.82, 2.24) is 0 Å². The summed E-state index contributed by atoms with van der Waals surface area (Å²) in [7, 11) is 0. The van der Waals surface area contributed by atoms with Gasteiger partial charge in [0.1, 0.15) is 0 Å². The van der Waals surface area contributed by atoms with E-state index >= 15 is 0 Å². The van der Waals surface area contributed by atoms with Crippen LogP contribution in [0.4, 0.5) is 0 Å². The molecule has 1 fully saturated rings. The first-order valence-electron chi connectivity index (χ1n) is 5.46. The van der Waals surface area contributed by atoms with E-state index in [0.717, 1.165) is 12.8 Å². The number of rotatable bonds is 2. The van der Waals surface area contributed by atoms with Crippen molar-refractivity contribution in [3.8, 4) is 0 Å². The molecule has 90 valence electrons. The number of hydrogen-bond donors (Lipinski definition) is 2. The Morgan fingerprint density at radius 2 is 1.73 bits per heavy atom. The first kappa shape index (κ1) is 14.4. The third kappa shape index (κ3) is 9.69. The standard InChI is InChI=1S/C8H14O2.C3H8O2/c1-2-10-8(9)7-5-3-4-6-7;1-3(2,4)5/h7H,2-6H2,1H3;4-5H,1-2H3. The Kier molecular flexibility index (Phi) is 6.52. The van der Waals surface area contributed by atoms with Crippen LogP contribution in [0.3, 0.4) is 0 Å². The molecule has 4 heteroatoms. The van der Waals surface area contributed by atoms with E-state index in [-0.39, 0.29) is 11.9 Å². The zero-order valence-electron chi connectivity index (χ0n) is 9.82. The van der Waals surface area contributed by atoms with Crippen LogP contribution in [0, 0.1) is 5.92 Å². The first-order chi connectivity index (χ1) is 6.84. The van der Waals surface area contributed by atoms with Crippen molar-refractivity contribution in [2.75, 3.05) is 6.61 Å². The molecule has 0 aromatic rings. The molecule has 0 saturated heterocycles. The second-order valence-electron chi connectivity index (χ2n) is 4.23. The smallest absolute Gasteiger partial charge is 0.308 e. The molecule has 1 saturated carbocycles. The molecule has 1 rings (SSSR count). The highest BCUT2D eigenvalue weighted by Crippen LogP contribution is 2.25. The van der Waals surface area contributed by atoms with Gasteiger partial charge in [-0.3, -0.25) is 4.79 Å².